The maximum atomic E-state index is 11.7. The molecule has 0 aliphatic heterocycles. The fourth-order valence-corrected chi connectivity index (χ4v) is 2.00. The third-order valence-corrected chi connectivity index (χ3v) is 3.46. The SMILES string of the molecule is CCC=CCC(O)C(=O)CC=CCC=CCC=CC/C=C\CCC(=O)O. The van der Waals surface area contributed by atoms with E-state index in [4.69, 9.17) is 5.11 Å². The van der Waals surface area contributed by atoms with Crippen LogP contribution in [0.1, 0.15) is 58.3 Å². The van der Waals surface area contributed by atoms with Crippen LogP contribution in [-0.2, 0) is 9.59 Å². The average molecular weight is 360 g/mol. The lowest BCUT2D eigenvalue weighted by Crippen LogP contribution is -2.18. The van der Waals surface area contributed by atoms with Crippen molar-refractivity contribution in [1.82, 2.24) is 0 Å². The summed E-state index contributed by atoms with van der Waals surface area (Å²) in [4.78, 5) is 22.0. The Morgan fingerprint density at radius 1 is 0.808 bits per heavy atom. The Morgan fingerprint density at radius 3 is 1.88 bits per heavy atom. The summed E-state index contributed by atoms with van der Waals surface area (Å²) in [6, 6.07) is 0. The lowest BCUT2D eigenvalue weighted by atomic mass is 10.1. The summed E-state index contributed by atoms with van der Waals surface area (Å²) in [6.45, 7) is 2.01. The Labute approximate surface area is 157 Å². The third kappa shape index (κ3) is 16.7. The molecule has 2 N–H and O–H groups in total. The van der Waals surface area contributed by atoms with Crippen molar-refractivity contribution < 1.29 is 19.8 Å². The molecule has 1 unspecified atom stereocenters. The van der Waals surface area contributed by atoms with Crippen LogP contribution in [0.4, 0.5) is 0 Å². The van der Waals surface area contributed by atoms with Crippen LogP contribution in [0.2, 0.25) is 0 Å². The number of hydrogen-bond donors (Lipinski definition) is 2. The van der Waals surface area contributed by atoms with Gasteiger partial charge in [0.1, 0.15) is 6.10 Å². The van der Waals surface area contributed by atoms with Gasteiger partial charge in [0.05, 0.1) is 0 Å². The topological polar surface area (TPSA) is 74.6 Å². The van der Waals surface area contributed by atoms with Crippen LogP contribution in [0.5, 0.6) is 0 Å². The molecule has 0 amide bonds. The molecule has 0 fully saturated rings. The number of hydrogen-bond acceptors (Lipinski definition) is 3. The number of aliphatic carboxylic acids is 1. The highest BCUT2D eigenvalue weighted by atomic mass is 16.4. The highest BCUT2D eigenvalue weighted by Crippen LogP contribution is 2.01. The molecular weight excluding hydrogens is 328 g/mol. The summed E-state index contributed by atoms with van der Waals surface area (Å²) < 4.78 is 0. The van der Waals surface area contributed by atoms with Crippen molar-refractivity contribution >= 4 is 11.8 Å². The molecule has 0 aromatic rings. The minimum atomic E-state index is -0.902. The molecule has 4 nitrogen and oxygen atoms in total. The molecule has 0 spiro atoms. The van der Waals surface area contributed by atoms with Gasteiger partial charge in [0.25, 0.3) is 0 Å². The molecule has 0 radical (unpaired) electrons. The molecule has 0 bridgehead atoms. The molecule has 0 rings (SSSR count). The summed E-state index contributed by atoms with van der Waals surface area (Å²) in [7, 11) is 0. The number of carbonyl (C=O) groups excluding carboxylic acids is 1. The number of carboxylic acid groups (broad SMARTS) is 1. The molecule has 0 heterocycles. The highest BCUT2D eigenvalue weighted by Gasteiger charge is 2.10. The molecule has 144 valence electrons. The average Bonchev–Trinajstić information content (AvgIpc) is 2.61. The Bertz CT molecular complexity index is 524. The van der Waals surface area contributed by atoms with Gasteiger partial charge in [-0.15, -0.1) is 0 Å². The number of rotatable bonds is 15. The molecule has 0 aliphatic carbocycles. The zero-order valence-electron chi connectivity index (χ0n) is 15.7. The van der Waals surface area contributed by atoms with E-state index in [1.54, 1.807) is 6.08 Å². The largest absolute Gasteiger partial charge is 0.481 e. The van der Waals surface area contributed by atoms with E-state index in [2.05, 4.69) is 12.2 Å². The Kier molecular flexibility index (Phi) is 16.1. The van der Waals surface area contributed by atoms with Gasteiger partial charge in [0.2, 0.25) is 0 Å². The molecule has 26 heavy (non-hydrogen) atoms. The number of carboxylic acids is 1. The van der Waals surface area contributed by atoms with Gasteiger partial charge in [0.15, 0.2) is 5.78 Å². The number of carbonyl (C=O) groups is 2. The van der Waals surface area contributed by atoms with E-state index in [-0.39, 0.29) is 18.6 Å². The van der Waals surface area contributed by atoms with E-state index in [1.165, 1.54) is 0 Å². The summed E-state index contributed by atoms with van der Waals surface area (Å²) in [5, 5.41) is 18.2. The van der Waals surface area contributed by atoms with Gasteiger partial charge in [-0.1, -0.05) is 67.7 Å². The zero-order chi connectivity index (χ0) is 19.5. The van der Waals surface area contributed by atoms with Crippen LogP contribution in [-0.4, -0.2) is 28.1 Å². The first-order valence-corrected chi connectivity index (χ1v) is 9.25. The lowest BCUT2D eigenvalue weighted by molar-refractivity contribution is -0.136. The van der Waals surface area contributed by atoms with Gasteiger partial charge in [-0.25, -0.2) is 0 Å². The second kappa shape index (κ2) is 17.6. The fourth-order valence-electron chi connectivity index (χ4n) is 2.00. The van der Waals surface area contributed by atoms with Gasteiger partial charge in [-0.3, -0.25) is 9.59 Å². The van der Waals surface area contributed by atoms with Crippen molar-refractivity contribution in [1.29, 1.82) is 0 Å². The summed E-state index contributed by atoms with van der Waals surface area (Å²) in [6.07, 6.45) is 23.4. The summed E-state index contributed by atoms with van der Waals surface area (Å²) in [5.74, 6) is -0.917. The van der Waals surface area contributed by atoms with Crippen molar-refractivity contribution in [3.8, 4) is 0 Å². The van der Waals surface area contributed by atoms with Gasteiger partial charge >= 0.3 is 5.97 Å². The highest BCUT2D eigenvalue weighted by molar-refractivity contribution is 5.84. The van der Waals surface area contributed by atoms with Crippen LogP contribution in [0.3, 0.4) is 0 Å². The number of ketones is 1. The molecule has 0 aromatic carbocycles. The third-order valence-electron chi connectivity index (χ3n) is 3.46. The van der Waals surface area contributed by atoms with Gasteiger partial charge in [0, 0.05) is 12.8 Å². The molecular formula is C22H32O4. The molecule has 0 aromatic heterocycles. The van der Waals surface area contributed by atoms with Crippen molar-refractivity contribution in [3.63, 3.8) is 0 Å². The van der Waals surface area contributed by atoms with E-state index in [1.807, 2.05) is 49.5 Å². The standard InChI is InChI=1S/C22H32O4/c1-2-3-14-17-20(23)21(24)18-15-12-10-8-6-4-5-7-9-11-13-16-19-22(25)26/h3,5-8,11-15,20,23H,2,4,9-10,16-19H2,1H3,(H,25,26)/b7-5?,8-6?,13-11-,14-3?,15-12?. The van der Waals surface area contributed by atoms with Crippen molar-refractivity contribution in [3.05, 3.63) is 60.8 Å². The van der Waals surface area contributed by atoms with Gasteiger partial charge in [-0.2, -0.15) is 0 Å². The number of aliphatic hydroxyl groups excluding tert-OH is 1. The second-order valence-electron chi connectivity index (χ2n) is 5.83. The maximum absolute atomic E-state index is 11.7. The number of allylic oxidation sites excluding steroid dienone is 9. The summed E-state index contributed by atoms with van der Waals surface area (Å²) >= 11 is 0. The minimum Gasteiger partial charge on any atom is -0.481 e. The van der Waals surface area contributed by atoms with Crippen LogP contribution >= 0.6 is 0 Å². The van der Waals surface area contributed by atoms with Crippen LogP contribution in [0, 0.1) is 0 Å². The van der Waals surface area contributed by atoms with E-state index in [0.29, 0.717) is 12.8 Å². The summed E-state index contributed by atoms with van der Waals surface area (Å²) in [5.41, 5.74) is 0. The predicted molar refractivity (Wildman–Crippen MR) is 107 cm³/mol. The fraction of sp³-hybridized carbons (Fsp3) is 0.455. The normalized spacial score (nSPS) is 13.8. The predicted octanol–water partition coefficient (Wildman–Crippen LogP) is 4.92. The Hall–Kier alpha value is -2.20. The van der Waals surface area contributed by atoms with E-state index < -0.39 is 12.1 Å². The van der Waals surface area contributed by atoms with Crippen LogP contribution < -0.4 is 0 Å². The van der Waals surface area contributed by atoms with E-state index >= 15 is 0 Å². The smallest absolute Gasteiger partial charge is 0.303 e. The minimum absolute atomic E-state index is 0.148. The van der Waals surface area contributed by atoms with Crippen molar-refractivity contribution in [2.24, 2.45) is 0 Å². The lowest BCUT2D eigenvalue weighted by Gasteiger charge is -2.03. The van der Waals surface area contributed by atoms with Crippen LogP contribution in [0.15, 0.2) is 60.8 Å². The van der Waals surface area contributed by atoms with Crippen LogP contribution in [0.25, 0.3) is 0 Å². The second-order valence-corrected chi connectivity index (χ2v) is 5.83. The first kappa shape index (κ1) is 23.8. The number of aliphatic hydroxyl groups is 1. The van der Waals surface area contributed by atoms with Crippen molar-refractivity contribution in [2.75, 3.05) is 0 Å². The molecule has 1 atom stereocenters. The van der Waals surface area contributed by atoms with Crippen molar-refractivity contribution in [2.45, 2.75) is 64.4 Å². The van der Waals surface area contributed by atoms with E-state index in [9.17, 15) is 14.7 Å². The maximum Gasteiger partial charge on any atom is 0.303 e. The number of Topliss-reactive ketones (excluding diaryl/α,β-unsaturated/α-hetero) is 1. The quantitative estimate of drug-likeness (QED) is 0.406. The molecule has 0 saturated heterocycles. The van der Waals surface area contributed by atoms with Gasteiger partial charge in [-0.05, 0) is 38.5 Å². The molecule has 4 heteroatoms. The Balaban J connectivity index is 3.72. The molecule has 0 saturated carbocycles. The van der Waals surface area contributed by atoms with Gasteiger partial charge < -0.3 is 10.2 Å². The molecule has 0 aliphatic rings. The monoisotopic (exact) mass is 360 g/mol. The first-order chi connectivity index (χ1) is 12.6. The van der Waals surface area contributed by atoms with E-state index in [0.717, 1.165) is 25.7 Å². The first-order valence-electron chi connectivity index (χ1n) is 9.25. The Morgan fingerprint density at radius 2 is 1.35 bits per heavy atom. The zero-order valence-corrected chi connectivity index (χ0v) is 15.7.